The van der Waals surface area contributed by atoms with E-state index in [1.54, 1.807) is 11.8 Å². The number of H-pyrrole nitrogens is 1. The molecule has 3 N–H and O–H groups in total. The van der Waals surface area contributed by atoms with Crippen LogP contribution in [0.15, 0.2) is 28.6 Å². The molecule has 2 aromatic heterocycles. The zero-order valence-corrected chi connectivity index (χ0v) is 10.4. The lowest BCUT2D eigenvalue weighted by molar-refractivity contribution is 1.01. The van der Waals surface area contributed by atoms with Gasteiger partial charge in [0.25, 0.3) is 0 Å². The summed E-state index contributed by atoms with van der Waals surface area (Å²) in [5.41, 5.74) is 7.56. The van der Waals surface area contributed by atoms with E-state index in [-0.39, 0.29) is 0 Å². The number of rotatable bonds is 3. The molecule has 1 aromatic carbocycles. The van der Waals surface area contributed by atoms with Gasteiger partial charge in [0.15, 0.2) is 4.34 Å². The number of thioether (sulfide) groups is 1. The van der Waals surface area contributed by atoms with Crippen molar-refractivity contribution in [2.24, 2.45) is 0 Å². The smallest absolute Gasteiger partial charge is 0.203 e. The van der Waals surface area contributed by atoms with Crippen molar-refractivity contribution in [1.82, 2.24) is 20.2 Å². The molecule has 0 amide bonds. The van der Waals surface area contributed by atoms with E-state index in [1.165, 1.54) is 11.3 Å². The van der Waals surface area contributed by atoms with Crippen LogP contribution in [0.25, 0.3) is 11.0 Å². The normalized spacial score (nSPS) is 11.1. The lowest BCUT2D eigenvalue weighted by Gasteiger charge is -1.91. The highest BCUT2D eigenvalue weighted by Gasteiger charge is 2.05. The van der Waals surface area contributed by atoms with Gasteiger partial charge in [-0.2, -0.15) is 0 Å². The third kappa shape index (κ3) is 2.25. The molecule has 0 atom stereocenters. The van der Waals surface area contributed by atoms with Gasteiger partial charge in [-0.1, -0.05) is 35.2 Å². The van der Waals surface area contributed by atoms with Crippen LogP contribution in [-0.4, -0.2) is 20.2 Å². The fraction of sp³-hybridized carbons (Fsp3) is 0.100. The van der Waals surface area contributed by atoms with Crippen molar-refractivity contribution in [3.05, 3.63) is 30.1 Å². The average Bonchev–Trinajstić information content (AvgIpc) is 2.91. The molecule has 0 radical (unpaired) electrons. The van der Waals surface area contributed by atoms with Crippen molar-refractivity contribution in [1.29, 1.82) is 0 Å². The predicted octanol–water partition coefficient (Wildman–Crippen LogP) is 2.29. The van der Waals surface area contributed by atoms with Crippen LogP contribution in [0.3, 0.4) is 0 Å². The van der Waals surface area contributed by atoms with Crippen LogP contribution in [0.4, 0.5) is 5.13 Å². The van der Waals surface area contributed by atoms with Crippen molar-refractivity contribution >= 4 is 39.3 Å². The number of aromatic amines is 1. The maximum Gasteiger partial charge on any atom is 0.203 e. The summed E-state index contributed by atoms with van der Waals surface area (Å²) in [4.78, 5) is 7.75. The van der Waals surface area contributed by atoms with Gasteiger partial charge in [-0.15, -0.1) is 10.2 Å². The van der Waals surface area contributed by atoms with E-state index in [9.17, 15) is 0 Å². The number of fused-ring (bicyclic) bond motifs is 1. The first-order chi connectivity index (χ1) is 8.31. The molecule has 0 unspecified atom stereocenters. The van der Waals surface area contributed by atoms with Crippen molar-refractivity contribution in [2.45, 2.75) is 10.1 Å². The molecule has 7 heteroatoms. The second-order valence-corrected chi connectivity index (χ2v) is 5.63. The molecule has 0 spiro atoms. The lowest BCUT2D eigenvalue weighted by Crippen LogP contribution is -1.82. The molecule has 5 nitrogen and oxygen atoms in total. The van der Waals surface area contributed by atoms with E-state index < -0.39 is 0 Å². The highest BCUT2D eigenvalue weighted by Crippen LogP contribution is 2.26. The first-order valence-corrected chi connectivity index (χ1v) is 6.77. The number of nitrogens with one attached hydrogen (secondary N) is 1. The number of benzene rings is 1. The summed E-state index contributed by atoms with van der Waals surface area (Å²) in [6, 6.07) is 7.97. The van der Waals surface area contributed by atoms with Crippen LogP contribution in [-0.2, 0) is 5.75 Å². The molecule has 0 aliphatic carbocycles. The molecule has 3 aromatic rings. The summed E-state index contributed by atoms with van der Waals surface area (Å²) in [6.45, 7) is 0. The number of nitrogen functional groups attached to an aromatic ring is 1. The minimum absolute atomic E-state index is 0.497. The minimum atomic E-state index is 0.497. The fourth-order valence-electron chi connectivity index (χ4n) is 1.48. The number of hydrogen-bond acceptors (Lipinski definition) is 6. The predicted molar refractivity (Wildman–Crippen MR) is 70.0 cm³/mol. The number of nitrogens with zero attached hydrogens (tertiary/aromatic N) is 3. The monoisotopic (exact) mass is 263 g/mol. The molecule has 3 rings (SSSR count). The van der Waals surface area contributed by atoms with E-state index in [0.29, 0.717) is 5.13 Å². The quantitative estimate of drug-likeness (QED) is 0.709. The van der Waals surface area contributed by atoms with Crippen LogP contribution in [0.1, 0.15) is 5.82 Å². The number of anilines is 1. The molecule has 0 fully saturated rings. The molecule has 0 bridgehead atoms. The van der Waals surface area contributed by atoms with Crippen LogP contribution >= 0.6 is 23.1 Å². The molecule has 0 aliphatic heterocycles. The first-order valence-electron chi connectivity index (χ1n) is 4.97. The van der Waals surface area contributed by atoms with E-state index in [2.05, 4.69) is 20.2 Å². The topological polar surface area (TPSA) is 80.5 Å². The molecule has 0 saturated carbocycles. The molecule has 0 aliphatic rings. The summed E-state index contributed by atoms with van der Waals surface area (Å²) < 4.78 is 0.864. The highest BCUT2D eigenvalue weighted by molar-refractivity contribution is 8.00. The van der Waals surface area contributed by atoms with E-state index in [0.717, 1.165) is 27.0 Å². The van der Waals surface area contributed by atoms with Gasteiger partial charge >= 0.3 is 0 Å². The average molecular weight is 263 g/mol. The Kier molecular flexibility index (Phi) is 2.69. The van der Waals surface area contributed by atoms with Gasteiger partial charge in [0, 0.05) is 0 Å². The van der Waals surface area contributed by atoms with Crippen molar-refractivity contribution in [3.63, 3.8) is 0 Å². The number of aromatic nitrogens is 4. The fourth-order valence-corrected chi connectivity index (χ4v) is 2.99. The van der Waals surface area contributed by atoms with Gasteiger partial charge < -0.3 is 10.7 Å². The zero-order valence-electron chi connectivity index (χ0n) is 8.75. The van der Waals surface area contributed by atoms with Crippen LogP contribution in [0.5, 0.6) is 0 Å². The molecular weight excluding hydrogens is 254 g/mol. The van der Waals surface area contributed by atoms with Gasteiger partial charge in [-0.25, -0.2) is 4.98 Å². The Bertz CT molecular complexity index is 612. The molecular formula is C10H9N5S2. The van der Waals surface area contributed by atoms with Gasteiger partial charge in [-0.05, 0) is 12.1 Å². The van der Waals surface area contributed by atoms with Gasteiger partial charge in [0.1, 0.15) is 5.82 Å². The number of hydrogen-bond donors (Lipinski definition) is 2. The van der Waals surface area contributed by atoms with Crippen LogP contribution in [0, 0.1) is 0 Å². The van der Waals surface area contributed by atoms with E-state index in [1.807, 2.05) is 24.3 Å². The second kappa shape index (κ2) is 4.34. The Morgan fingerprint density at radius 1 is 1.29 bits per heavy atom. The summed E-state index contributed by atoms with van der Waals surface area (Å²) in [5.74, 6) is 1.67. The Hall–Kier alpha value is -1.60. The van der Waals surface area contributed by atoms with Crippen molar-refractivity contribution in [3.8, 4) is 0 Å². The Labute approximate surface area is 105 Å². The Morgan fingerprint density at radius 3 is 2.94 bits per heavy atom. The van der Waals surface area contributed by atoms with Crippen LogP contribution < -0.4 is 5.73 Å². The third-order valence-electron chi connectivity index (χ3n) is 2.19. The maximum atomic E-state index is 5.52. The highest BCUT2D eigenvalue weighted by atomic mass is 32.2. The van der Waals surface area contributed by atoms with Crippen molar-refractivity contribution < 1.29 is 0 Å². The zero-order chi connectivity index (χ0) is 11.7. The maximum absolute atomic E-state index is 5.52. The summed E-state index contributed by atoms with van der Waals surface area (Å²) in [6.07, 6.45) is 0. The Morgan fingerprint density at radius 2 is 2.18 bits per heavy atom. The number of nitrogens with two attached hydrogens (primary N) is 1. The van der Waals surface area contributed by atoms with Gasteiger partial charge in [-0.3, -0.25) is 0 Å². The standard InChI is InChI=1S/C10H9N5S2/c11-9-14-15-10(17-9)16-5-8-12-6-3-1-2-4-7(6)13-8/h1-4H,5H2,(H2,11,14)(H,12,13). The number of imidazole rings is 1. The van der Waals surface area contributed by atoms with Crippen molar-refractivity contribution in [2.75, 3.05) is 5.73 Å². The molecule has 86 valence electrons. The summed E-state index contributed by atoms with van der Waals surface area (Å²) in [7, 11) is 0. The summed E-state index contributed by atoms with van der Waals surface area (Å²) >= 11 is 2.97. The first kappa shape index (κ1) is 10.5. The minimum Gasteiger partial charge on any atom is -0.374 e. The summed E-state index contributed by atoms with van der Waals surface area (Å²) in [5, 5.41) is 8.21. The largest absolute Gasteiger partial charge is 0.374 e. The lowest BCUT2D eigenvalue weighted by atomic mass is 10.3. The molecule has 2 heterocycles. The molecule has 0 saturated heterocycles. The second-order valence-electron chi connectivity index (χ2n) is 3.40. The van der Waals surface area contributed by atoms with Gasteiger partial charge in [0.05, 0.1) is 16.8 Å². The molecule has 17 heavy (non-hydrogen) atoms. The van der Waals surface area contributed by atoms with Crippen LogP contribution in [0.2, 0.25) is 0 Å². The van der Waals surface area contributed by atoms with E-state index >= 15 is 0 Å². The SMILES string of the molecule is Nc1nnc(SCc2nc3ccccc3[nH]2)s1. The third-order valence-corrected chi connectivity index (χ3v) is 4.09. The Balaban J connectivity index is 1.76. The van der Waals surface area contributed by atoms with Gasteiger partial charge in [0.2, 0.25) is 5.13 Å². The van der Waals surface area contributed by atoms with E-state index in [4.69, 9.17) is 5.73 Å². The number of para-hydroxylation sites is 2.